The van der Waals surface area contributed by atoms with Gasteiger partial charge < -0.3 is 9.47 Å². The number of carbonyl (C=O) groups is 2. The van der Waals surface area contributed by atoms with Gasteiger partial charge in [-0.3, -0.25) is 9.36 Å². The number of carbonyl (C=O) groups excluding carboxylic acids is 2. The summed E-state index contributed by atoms with van der Waals surface area (Å²) in [6.45, 7) is 4.95. The van der Waals surface area contributed by atoms with Gasteiger partial charge in [0, 0.05) is 33.6 Å². The first-order valence-corrected chi connectivity index (χ1v) is 9.79. The number of halogens is 1. The van der Waals surface area contributed by atoms with Crippen molar-refractivity contribution in [2.45, 2.75) is 20.8 Å². The average molecular weight is 419 g/mol. The summed E-state index contributed by atoms with van der Waals surface area (Å²) in [4.78, 5) is 28.7. The molecule has 1 aromatic carbocycles. The highest BCUT2D eigenvalue weighted by atomic mass is 35.5. The van der Waals surface area contributed by atoms with Crippen LogP contribution in [0, 0.1) is 20.8 Å². The molecule has 0 aliphatic heterocycles. The molecule has 6 nitrogen and oxygen atoms in total. The topological polar surface area (TPSA) is 70.4 Å². The van der Waals surface area contributed by atoms with E-state index in [1.807, 2.05) is 30.7 Å². The molecule has 2 aromatic heterocycles. The highest BCUT2D eigenvalue weighted by molar-refractivity contribution is 7.12. The van der Waals surface area contributed by atoms with Crippen LogP contribution < -0.4 is 4.74 Å². The van der Waals surface area contributed by atoms with Crippen LogP contribution in [0.1, 0.15) is 27.3 Å². The molecule has 0 N–H and O–H groups in total. The summed E-state index contributed by atoms with van der Waals surface area (Å²) >= 11 is 7.38. The van der Waals surface area contributed by atoms with Crippen molar-refractivity contribution in [1.29, 1.82) is 0 Å². The van der Waals surface area contributed by atoms with E-state index >= 15 is 0 Å². The summed E-state index contributed by atoms with van der Waals surface area (Å²) in [5, 5.41) is 3.26. The molecule has 0 saturated carbocycles. The van der Waals surface area contributed by atoms with Gasteiger partial charge in [0.15, 0.2) is 18.3 Å². The van der Waals surface area contributed by atoms with E-state index in [-0.39, 0.29) is 19.0 Å². The minimum atomic E-state index is -0.614. The number of ether oxygens (including phenoxy) is 2. The van der Waals surface area contributed by atoms with Crippen LogP contribution >= 0.6 is 22.9 Å². The van der Waals surface area contributed by atoms with Crippen molar-refractivity contribution in [2.24, 2.45) is 0 Å². The second-order valence-corrected chi connectivity index (χ2v) is 7.53. The molecule has 0 aliphatic rings. The van der Waals surface area contributed by atoms with Crippen LogP contribution in [0.4, 0.5) is 0 Å². The zero-order valence-electron chi connectivity index (χ0n) is 15.7. The smallest absolute Gasteiger partial charge is 0.344 e. The van der Waals surface area contributed by atoms with Gasteiger partial charge in [-0.1, -0.05) is 11.6 Å². The first kappa shape index (κ1) is 20.1. The summed E-state index contributed by atoms with van der Waals surface area (Å²) < 4.78 is 12.4. The number of ketones is 1. The number of aromatic nitrogens is 2. The maximum atomic E-state index is 12.5. The van der Waals surface area contributed by atoms with Crippen molar-refractivity contribution in [3.63, 3.8) is 0 Å². The fourth-order valence-corrected chi connectivity index (χ4v) is 3.82. The lowest BCUT2D eigenvalue weighted by Crippen LogP contribution is -2.20. The fraction of sp³-hybridized carbons (Fsp3) is 0.250. The van der Waals surface area contributed by atoms with E-state index in [0.717, 1.165) is 22.1 Å². The number of aryl methyl sites for hydroxylation is 2. The molecular weight excluding hydrogens is 400 g/mol. The van der Waals surface area contributed by atoms with Gasteiger partial charge in [0.2, 0.25) is 5.78 Å². The highest BCUT2D eigenvalue weighted by Crippen LogP contribution is 2.23. The molecule has 0 aliphatic carbocycles. The predicted octanol–water partition coefficient (Wildman–Crippen LogP) is 4.32. The van der Waals surface area contributed by atoms with E-state index < -0.39 is 5.97 Å². The van der Waals surface area contributed by atoms with E-state index in [1.54, 1.807) is 30.5 Å². The molecule has 146 valence electrons. The standard InChI is InChI=1S/C20H19ClN2O4S/c1-12-8-15(21)4-5-18(12)26-11-19(25)27-10-17(24)16-9-13(2)23(14(16)3)20-22-6-7-28-20/h4-9H,10-11H2,1-3H3. The summed E-state index contributed by atoms with van der Waals surface area (Å²) in [7, 11) is 0. The molecule has 0 fully saturated rings. The van der Waals surface area contributed by atoms with Gasteiger partial charge in [0.25, 0.3) is 0 Å². The van der Waals surface area contributed by atoms with Gasteiger partial charge in [0.1, 0.15) is 5.75 Å². The Morgan fingerprint density at radius 3 is 2.64 bits per heavy atom. The Hall–Kier alpha value is -2.64. The Balaban J connectivity index is 1.58. The van der Waals surface area contributed by atoms with Crippen LogP contribution in [0.3, 0.4) is 0 Å². The summed E-state index contributed by atoms with van der Waals surface area (Å²) in [5.41, 5.74) is 2.98. The van der Waals surface area contributed by atoms with Gasteiger partial charge in [-0.2, -0.15) is 0 Å². The third kappa shape index (κ3) is 4.43. The number of thiazole rings is 1. The number of Topliss-reactive ketones (excluding diaryl/α,β-unsaturated/α-hetero) is 1. The van der Waals surface area contributed by atoms with Crippen molar-refractivity contribution in [1.82, 2.24) is 9.55 Å². The summed E-state index contributed by atoms with van der Waals surface area (Å²) in [6.07, 6.45) is 1.71. The van der Waals surface area contributed by atoms with E-state index in [4.69, 9.17) is 21.1 Å². The average Bonchev–Trinajstić information content (AvgIpc) is 3.26. The summed E-state index contributed by atoms with van der Waals surface area (Å²) in [5.74, 6) is -0.344. The largest absolute Gasteiger partial charge is 0.482 e. The minimum absolute atomic E-state index is 0.271. The zero-order valence-corrected chi connectivity index (χ0v) is 17.3. The molecule has 0 bridgehead atoms. The van der Waals surface area contributed by atoms with Crippen LogP contribution in [0.15, 0.2) is 35.8 Å². The quantitative estimate of drug-likeness (QED) is 0.422. The number of nitrogens with zero attached hydrogens (tertiary/aromatic N) is 2. The number of hydrogen-bond acceptors (Lipinski definition) is 6. The molecule has 0 radical (unpaired) electrons. The zero-order chi connectivity index (χ0) is 20.3. The number of rotatable bonds is 7. The number of hydrogen-bond donors (Lipinski definition) is 0. The van der Waals surface area contributed by atoms with Crippen molar-refractivity contribution in [3.05, 3.63) is 63.4 Å². The normalized spacial score (nSPS) is 10.7. The number of esters is 1. The van der Waals surface area contributed by atoms with Gasteiger partial charge in [-0.15, -0.1) is 11.3 Å². The Bertz CT molecular complexity index is 1010. The first-order chi connectivity index (χ1) is 13.4. The molecule has 3 aromatic rings. The SMILES string of the molecule is Cc1cc(Cl)ccc1OCC(=O)OCC(=O)c1cc(C)n(-c2nccs2)c1C. The second kappa shape index (κ2) is 8.58. The summed E-state index contributed by atoms with van der Waals surface area (Å²) in [6, 6.07) is 6.88. The second-order valence-electron chi connectivity index (χ2n) is 6.22. The molecule has 2 heterocycles. The molecule has 0 saturated heterocycles. The third-order valence-corrected chi connectivity index (χ3v) is 5.18. The molecule has 3 rings (SSSR count). The lowest BCUT2D eigenvalue weighted by molar-refractivity contribution is -0.144. The Labute approximate surface area is 171 Å². The van der Waals surface area contributed by atoms with Crippen LogP contribution in [0.25, 0.3) is 5.13 Å². The van der Waals surface area contributed by atoms with E-state index in [1.165, 1.54) is 11.3 Å². The third-order valence-electron chi connectivity index (χ3n) is 4.19. The lowest BCUT2D eigenvalue weighted by atomic mass is 10.1. The van der Waals surface area contributed by atoms with Crippen LogP contribution in [0.2, 0.25) is 5.02 Å². The minimum Gasteiger partial charge on any atom is -0.482 e. The van der Waals surface area contributed by atoms with Crippen molar-refractivity contribution >= 4 is 34.7 Å². The van der Waals surface area contributed by atoms with Gasteiger partial charge in [-0.05, 0) is 50.6 Å². The van der Waals surface area contributed by atoms with Crippen molar-refractivity contribution < 1.29 is 19.1 Å². The van der Waals surface area contributed by atoms with Crippen molar-refractivity contribution in [2.75, 3.05) is 13.2 Å². The van der Waals surface area contributed by atoms with Crippen LogP contribution in [-0.2, 0) is 9.53 Å². The fourth-order valence-electron chi connectivity index (χ4n) is 2.84. The maximum Gasteiger partial charge on any atom is 0.344 e. The maximum absolute atomic E-state index is 12.5. The number of benzene rings is 1. The van der Waals surface area contributed by atoms with E-state index in [9.17, 15) is 9.59 Å². The molecule has 0 amide bonds. The van der Waals surface area contributed by atoms with Gasteiger partial charge >= 0.3 is 5.97 Å². The van der Waals surface area contributed by atoms with E-state index in [0.29, 0.717) is 16.3 Å². The highest BCUT2D eigenvalue weighted by Gasteiger charge is 2.19. The molecule has 28 heavy (non-hydrogen) atoms. The molecule has 0 unspecified atom stereocenters. The lowest BCUT2D eigenvalue weighted by Gasteiger charge is -2.09. The predicted molar refractivity (Wildman–Crippen MR) is 108 cm³/mol. The van der Waals surface area contributed by atoms with Crippen molar-refractivity contribution in [3.8, 4) is 10.9 Å². The Morgan fingerprint density at radius 2 is 1.96 bits per heavy atom. The molecule has 0 atom stereocenters. The monoisotopic (exact) mass is 418 g/mol. The van der Waals surface area contributed by atoms with E-state index in [2.05, 4.69) is 4.98 Å². The molecule has 8 heteroatoms. The first-order valence-electron chi connectivity index (χ1n) is 8.53. The molecular formula is C20H19ClN2O4S. The Kier molecular flexibility index (Phi) is 6.16. The Morgan fingerprint density at radius 1 is 1.18 bits per heavy atom. The molecule has 0 spiro atoms. The van der Waals surface area contributed by atoms with Gasteiger partial charge in [0.05, 0.1) is 0 Å². The van der Waals surface area contributed by atoms with Crippen LogP contribution in [0.5, 0.6) is 5.75 Å². The van der Waals surface area contributed by atoms with Gasteiger partial charge in [-0.25, -0.2) is 9.78 Å². The van der Waals surface area contributed by atoms with Crippen LogP contribution in [-0.4, -0.2) is 34.5 Å².